The van der Waals surface area contributed by atoms with E-state index in [0.717, 1.165) is 16.8 Å². The van der Waals surface area contributed by atoms with Crippen LogP contribution in [-0.4, -0.2) is 39.8 Å². The van der Waals surface area contributed by atoms with E-state index in [4.69, 9.17) is 22.1 Å². The Morgan fingerprint density at radius 1 is 1.15 bits per heavy atom. The molecule has 33 heavy (non-hydrogen) atoms. The van der Waals surface area contributed by atoms with E-state index in [0.29, 0.717) is 49.1 Å². The van der Waals surface area contributed by atoms with Crippen LogP contribution in [0.4, 0.5) is 9.57 Å². The highest BCUT2D eigenvalue weighted by atomic mass is 35.5. The van der Waals surface area contributed by atoms with Crippen LogP contribution >= 0.6 is 23.9 Å². The van der Waals surface area contributed by atoms with E-state index in [1.54, 1.807) is 33.6 Å². The third-order valence-electron chi connectivity index (χ3n) is 5.50. The average molecular weight is 487 g/mol. The number of rotatable bonds is 3. The van der Waals surface area contributed by atoms with Gasteiger partial charge in [0.1, 0.15) is 18.4 Å². The second-order valence-electron chi connectivity index (χ2n) is 7.74. The lowest BCUT2D eigenvalue weighted by molar-refractivity contribution is -0.0228. The summed E-state index contributed by atoms with van der Waals surface area (Å²) in [5.41, 5.74) is 9.91. The summed E-state index contributed by atoms with van der Waals surface area (Å²) in [6.45, 7) is 2.88. The number of nitrogen functional groups attached to an aromatic ring is 1. The smallest absolute Gasteiger partial charge is 0.255 e. The quantitative estimate of drug-likeness (QED) is 0.412. The maximum absolute atomic E-state index is 12.7. The summed E-state index contributed by atoms with van der Waals surface area (Å²) in [5, 5.41) is 0.382. The molecular weight excluding hydrogens is 463 g/mol. The first kappa shape index (κ1) is 23.5. The zero-order valence-electron chi connectivity index (χ0n) is 17.9. The standard InChI is InChI=1S/C17H17ClN2O2.C7H7FN2S/c18-15-10-13(19)6-7-14(15)17(21)20-8-9-22-16(11-20)12-4-2-1-3-5-12;8-11-10-4-6-2-1-3-9-7(6)5-10/h1-7,10,16H,8-9,11,19H2;1-3H,4-5H2. The summed E-state index contributed by atoms with van der Waals surface area (Å²) in [6, 6.07) is 18.7. The van der Waals surface area contributed by atoms with E-state index in [1.165, 1.54) is 0 Å². The van der Waals surface area contributed by atoms with Gasteiger partial charge in [-0.05, 0) is 35.4 Å². The Balaban J connectivity index is 0.000000196. The number of amides is 1. The number of fused-ring (bicyclic) bond motifs is 1. The van der Waals surface area contributed by atoms with Gasteiger partial charge in [-0.25, -0.2) is 4.31 Å². The van der Waals surface area contributed by atoms with Crippen LogP contribution in [-0.2, 0) is 17.8 Å². The number of benzene rings is 2. The molecule has 5 rings (SSSR count). The number of nitrogens with zero attached hydrogens (tertiary/aromatic N) is 3. The Morgan fingerprint density at radius 3 is 2.70 bits per heavy atom. The molecule has 2 N–H and O–H groups in total. The number of carbonyl (C=O) groups excluding carboxylic acids is 1. The zero-order valence-corrected chi connectivity index (χ0v) is 19.4. The first-order valence-corrected chi connectivity index (χ1v) is 11.6. The number of hydrogen-bond donors (Lipinski definition) is 1. The molecule has 1 unspecified atom stereocenters. The number of anilines is 1. The number of ether oxygens (including phenoxy) is 1. The molecule has 1 saturated heterocycles. The monoisotopic (exact) mass is 486 g/mol. The summed E-state index contributed by atoms with van der Waals surface area (Å²) in [7, 11) is 0. The molecule has 6 nitrogen and oxygen atoms in total. The van der Waals surface area contributed by atoms with Crippen molar-refractivity contribution in [1.29, 1.82) is 0 Å². The number of nitrogens with two attached hydrogens (primary N) is 1. The van der Waals surface area contributed by atoms with Gasteiger partial charge in [0.2, 0.25) is 0 Å². The molecule has 3 heterocycles. The van der Waals surface area contributed by atoms with Gasteiger partial charge in [-0.2, -0.15) is 0 Å². The van der Waals surface area contributed by atoms with Crippen LogP contribution in [0.2, 0.25) is 5.02 Å². The molecule has 9 heteroatoms. The maximum atomic E-state index is 12.7. The SMILES string of the molecule is FSN1Cc2cccnc2C1.Nc1ccc(C(=O)N2CCOC(c3ccccc3)C2)c(Cl)c1. The van der Waals surface area contributed by atoms with E-state index in [-0.39, 0.29) is 24.3 Å². The van der Waals surface area contributed by atoms with Crippen LogP contribution in [0.1, 0.15) is 33.3 Å². The molecule has 0 saturated carbocycles. The molecule has 3 aromatic rings. The Morgan fingerprint density at radius 2 is 1.97 bits per heavy atom. The molecule has 1 aromatic heterocycles. The number of aromatic nitrogens is 1. The lowest BCUT2D eigenvalue weighted by atomic mass is 10.1. The first-order chi connectivity index (χ1) is 16.0. The van der Waals surface area contributed by atoms with E-state index >= 15 is 0 Å². The third kappa shape index (κ3) is 5.83. The Labute approximate surface area is 201 Å². The second kappa shape index (κ2) is 11.0. The van der Waals surface area contributed by atoms with Crippen molar-refractivity contribution < 1.29 is 13.4 Å². The lowest BCUT2D eigenvalue weighted by Gasteiger charge is -2.33. The van der Waals surface area contributed by atoms with Gasteiger partial charge in [0, 0.05) is 25.0 Å². The fourth-order valence-corrected chi connectivity index (χ4v) is 4.43. The summed E-state index contributed by atoms with van der Waals surface area (Å²) >= 11 is 6.42. The van der Waals surface area contributed by atoms with Gasteiger partial charge >= 0.3 is 0 Å². The lowest BCUT2D eigenvalue weighted by Crippen LogP contribution is -2.42. The number of halogens is 2. The molecule has 2 aromatic carbocycles. The maximum Gasteiger partial charge on any atom is 0.255 e. The number of morpholine rings is 1. The first-order valence-electron chi connectivity index (χ1n) is 10.5. The highest BCUT2D eigenvalue weighted by Gasteiger charge is 2.27. The van der Waals surface area contributed by atoms with Crippen molar-refractivity contribution in [3.05, 3.63) is 94.3 Å². The Bertz CT molecular complexity index is 1080. The molecule has 0 bridgehead atoms. The molecule has 1 amide bonds. The topological polar surface area (TPSA) is 71.7 Å². The van der Waals surface area contributed by atoms with Crippen LogP contribution in [0.3, 0.4) is 0 Å². The van der Waals surface area contributed by atoms with Crippen molar-refractivity contribution in [3.8, 4) is 0 Å². The Kier molecular flexibility index (Phi) is 7.82. The van der Waals surface area contributed by atoms with E-state index in [1.807, 2.05) is 42.5 Å². The summed E-state index contributed by atoms with van der Waals surface area (Å²) in [4.78, 5) is 18.6. The van der Waals surface area contributed by atoms with Gasteiger partial charge in [0.05, 0.1) is 36.0 Å². The van der Waals surface area contributed by atoms with Gasteiger partial charge < -0.3 is 15.4 Å². The Hall–Kier alpha value is -2.65. The van der Waals surface area contributed by atoms with E-state index in [9.17, 15) is 8.68 Å². The molecule has 172 valence electrons. The second-order valence-corrected chi connectivity index (χ2v) is 8.80. The number of hydrogen-bond acceptors (Lipinski definition) is 6. The van der Waals surface area contributed by atoms with Gasteiger partial charge in [-0.3, -0.25) is 9.78 Å². The molecule has 0 aliphatic carbocycles. The van der Waals surface area contributed by atoms with Crippen molar-refractivity contribution in [2.45, 2.75) is 19.2 Å². The van der Waals surface area contributed by atoms with Gasteiger partial charge in [-0.1, -0.05) is 48.0 Å². The molecule has 0 spiro atoms. The number of carbonyl (C=O) groups is 1. The predicted octanol–water partition coefficient (Wildman–Crippen LogP) is 5.07. The van der Waals surface area contributed by atoms with E-state index in [2.05, 4.69) is 4.98 Å². The molecule has 1 atom stereocenters. The van der Waals surface area contributed by atoms with Crippen molar-refractivity contribution >= 4 is 35.5 Å². The average Bonchev–Trinajstić information content (AvgIpc) is 3.28. The van der Waals surface area contributed by atoms with Crippen LogP contribution < -0.4 is 5.73 Å². The molecular formula is C24H24ClFN4O2S. The van der Waals surface area contributed by atoms with Crippen LogP contribution in [0.5, 0.6) is 0 Å². The van der Waals surface area contributed by atoms with Crippen molar-refractivity contribution in [2.75, 3.05) is 25.4 Å². The van der Waals surface area contributed by atoms with Gasteiger partial charge in [-0.15, -0.1) is 3.89 Å². The number of pyridine rings is 1. The minimum atomic E-state index is -0.105. The highest BCUT2D eigenvalue weighted by molar-refractivity contribution is 7.91. The van der Waals surface area contributed by atoms with Crippen LogP contribution in [0.25, 0.3) is 0 Å². The zero-order chi connectivity index (χ0) is 23.2. The van der Waals surface area contributed by atoms with Crippen molar-refractivity contribution in [1.82, 2.24) is 14.2 Å². The largest absolute Gasteiger partial charge is 0.399 e. The molecule has 2 aliphatic rings. The normalized spacial score (nSPS) is 17.8. The van der Waals surface area contributed by atoms with Crippen molar-refractivity contribution in [2.24, 2.45) is 0 Å². The molecule has 1 fully saturated rings. The minimum absolute atomic E-state index is 0.0887. The molecule has 2 aliphatic heterocycles. The molecule has 0 radical (unpaired) electrons. The summed E-state index contributed by atoms with van der Waals surface area (Å²) in [5.74, 6) is -0.0887. The van der Waals surface area contributed by atoms with Crippen molar-refractivity contribution in [3.63, 3.8) is 0 Å². The van der Waals surface area contributed by atoms with Gasteiger partial charge in [0.15, 0.2) is 0 Å². The fraction of sp³-hybridized carbons (Fsp3) is 0.250. The highest BCUT2D eigenvalue weighted by Crippen LogP contribution is 2.27. The van der Waals surface area contributed by atoms with E-state index < -0.39 is 0 Å². The fourth-order valence-electron chi connectivity index (χ4n) is 3.80. The third-order valence-corrected chi connectivity index (χ3v) is 6.27. The minimum Gasteiger partial charge on any atom is -0.399 e. The van der Waals surface area contributed by atoms with Crippen LogP contribution in [0.15, 0.2) is 66.9 Å². The van der Waals surface area contributed by atoms with Gasteiger partial charge in [0.25, 0.3) is 5.91 Å². The van der Waals surface area contributed by atoms with Crippen LogP contribution in [0, 0.1) is 0 Å². The predicted molar refractivity (Wildman–Crippen MR) is 129 cm³/mol. The summed E-state index contributed by atoms with van der Waals surface area (Å²) < 4.78 is 19.5. The summed E-state index contributed by atoms with van der Waals surface area (Å²) in [6.07, 6.45) is 1.64.